The minimum atomic E-state index is -0.417. The van der Waals surface area contributed by atoms with E-state index in [1.807, 2.05) is 42.5 Å². The summed E-state index contributed by atoms with van der Waals surface area (Å²) in [6, 6.07) is 20.8. The Morgan fingerprint density at radius 1 is 1.03 bits per heavy atom. The van der Waals surface area contributed by atoms with E-state index in [4.69, 9.17) is 32.7 Å². The summed E-state index contributed by atoms with van der Waals surface area (Å²) in [6.45, 7) is 6.45. The molecule has 0 radical (unpaired) electrons. The first-order valence-electron chi connectivity index (χ1n) is 13.4. The lowest BCUT2D eigenvalue weighted by molar-refractivity contribution is 0.135. The average Bonchev–Trinajstić information content (AvgIpc) is 3.29. The predicted octanol–water partition coefficient (Wildman–Crippen LogP) is 8.02. The summed E-state index contributed by atoms with van der Waals surface area (Å²) in [5, 5.41) is 5.78. The first-order valence-corrected chi connectivity index (χ1v) is 14.1. The number of aromatic amines is 1. The van der Waals surface area contributed by atoms with Crippen LogP contribution in [0.25, 0.3) is 10.9 Å². The fourth-order valence-electron chi connectivity index (χ4n) is 5.02. The Morgan fingerprint density at radius 3 is 2.49 bits per heavy atom. The van der Waals surface area contributed by atoms with Crippen molar-refractivity contribution in [3.8, 4) is 11.5 Å². The second-order valence-electron chi connectivity index (χ2n) is 10.1. The van der Waals surface area contributed by atoms with Gasteiger partial charge in [-0.3, -0.25) is 4.90 Å². The molecule has 1 atom stereocenters. The van der Waals surface area contributed by atoms with Crippen LogP contribution in [-0.2, 0) is 6.42 Å². The van der Waals surface area contributed by atoms with Crippen molar-refractivity contribution in [1.82, 2.24) is 15.2 Å². The van der Waals surface area contributed by atoms with E-state index < -0.39 is 6.09 Å². The molecule has 0 bridgehead atoms. The third-order valence-electron chi connectivity index (χ3n) is 6.93. The number of aromatic nitrogens is 1. The number of nitrogens with one attached hydrogen (secondary N) is 2. The van der Waals surface area contributed by atoms with Crippen LogP contribution in [0.3, 0.4) is 0 Å². The standard InChI is InChI=1S/C31H33Cl2N3O3.H2/c1-20(2)34-16-3-4-18-38-24-10-5-21(6-11-24)30-29-26(27-19-23(33)9-14-28(27)35-29)15-17-36(30)31(37)39-25-12-7-22(32)8-13-25;/h5-14,19-20,30,34-35H,3-4,15-18H2,1-2H3;1H. The van der Waals surface area contributed by atoms with E-state index in [-0.39, 0.29) is 7.47 Å². The molecule has 0 aliphatic carbocycles. The Bertz CT molecular complexity index is 1420. The van der Waals surface area contributed by atoms with Gasteiger partial charge < -0.3 is 19.8 Å². The second kappa shape index (κ2) is 12.3. The molecular weight excluding hydrogens is 533 g/mol. The Hall–Kier alpha value is -3.19. The monoisotopic (exact) mass is 567 g/mol. The molecule has 1 aromatic heterocycles. The Balaban J connectivity index is 0.00000370. The molecule has 1 aliphatic heterocycles. The van der Waals surface area contributed by atoms with Crippen LogP contribution >= 0.6 is 23.2 Å². The lowest BCUT2D eigenvalue weighted by Crippen LogP contribution is -2.42. The third kappa shape index (κ3) is 6.52. The number of benzene rings is 3. The average molecular weight is 569 g/mol. The molecule has 2 heterocycles. The van der Waals surface area contributed by atoms with Crippen molar-refractivity contribution in [3.05, 3.63) is 93.6 Å². The van der Waals surface area contributed by atoms with Crippen molar-refractivity contribution >= 4 is 40.2 Å². The number of carbonyl (C=O) groups is 1. The highest BCUT2D eigenvalue weighted by molar-refractivity contribution is 6.31. The summed E-state index contributed by atoms with van der Waals surface area (Å²) in [5.41, 5.74) is 4.10. The highest BCUT2D eigenvalue weighted by Gasteiger charge is 2.35. The van der Waals surface area contributed by atoms with Crippen molar-refractivity contribution in [3.63, 3.8) is 0 Å². The lowest BCUT2D eigenvalue weighted by Gasteiger charge is -2.35. The molecule has 39 heavy (non-hydrogen) atoms. The van der Waals surface area contributed by atoms with Crippen molar-refractivity contribution in [1.29, 1.82) is 0 Å². The van der Waals surface area contributed by atoms with E-state index in [9.17, 15) is 4.79 Å². The van der Waals surface area contributed by atoms with Crippen LogP contribution < -0.4 is 14.8 Å². The number of H-pyrrole nitrogens is 1. The zero-order valence-corrected chi connectivity index (χ0v) is 23.7. The molecule has 5 rings (SSSR count). The molecular formula is C31H35Cl2N3O3. The SMILES string of the molecule is CC(C)NCCCCOc1ccc(C2c3[nH]c4ccc(Cl)cc4c3CCN2C(=O)Oc2ccc(Cl)cc2)cc1.[HH]. The molecule has 206 valence electrons. The fourth-order valence-corrected chi connectivity index (χ4v) is 5.32. The summed E-state index contributed by atoms with van der Waals surface area (Å²) in [5.74, 6) is 1.26. The van der Waals surface area contributed by atoms with Crippen LogP contribution in [0, 0.1) is 0 Å². The maximum atomic E-state index is 13.5. The van der Waals surface area contributed by atoms with E-state index in [2.05, 4.69) is 24.1 Å². The molecule has 0 saturated carbocycles. The molecule has 1 unspecified atom stereocenters. The number of nitrogens with zero attached hydrogens (tertiary/aromatic N) is 1. The zero-order valence-electron chi connectivity index (χ0n) is 22.2. The van der Waals surface area contributed by atoms with Crippen molar-refractivity contribution < 1.29 is 15.7 Å². The first-order chi connectivity index (χ1) is 18.9. The van der Waals surface area contributed by atoms with Gasteiger partial charge in [-0.2, -0.15) is 0 Å². The van der Waals surface area contributed by atoms with Gasteiger partial charge in [-0.1, -0.05) is 49.2 Å². The van der Waals surface area contributed by atoms with Crippen molar-refractivity contribution in [2.45, 2.75) is 45.2 Å². The highest BCUT2D eigenvalue weighted by Crippen LogP contribution is 2.40. The van der Waals surface area contributed by atoms with Gasteiger partial charge in [-0.25, -0.2) is 4.79 Å². The summed E-state index contributed by atoms with van der Waals surface area (Å²) >= 11 is 12.3. The maximum Gasteiger partial charge on any atom is 0.416 e. The molecule has 1 aliphatic rings. The Kier molecular flexibility index (Phi) is 8.66. The number of fused-ring (bicyclic) bond motifs is 3. The predicted molar refractivity (Wildman–Crippen MR) is 159 cm³/mol. The van der Waals surface area contributed by atoms with Crippen LogP contribution in [0.5, 0.6) is 11.5 Å². The van der Waals surface area contributed by atoms with Gasteiger partial charge in [0.05, 0.1) is 6.61 Å². The third-order valence-corrected chi connectivity index (χ3v) is 7.42. The van der Waals surface area contributed by atoms with Gasteiger partial charge in [0.15, 0.2) is 0 Å². The van der Waals surface area contributed by atoms with Crippen LogP contribution in [-0.4, -0.2) is 41.7 Å². The fraction of sp³-hybridized carbons (Fsp3) is 0.323. The number of hydrogen-bond donors (Lipinski definition) is 2. The summed E-state index contributed by atoms with van der Waals surface area (Å²) in [6.07, 6.45) is 2.32. The minimum absolute atomic E-state index is 0. The molecule has 2 N–H and O–H groups in total. The summed E-state index contributed by atoms with van der Waals surface area (Å²) < 4.78 is 11.7. The van der Waals surface area contributed by atoms with Gasteiger partial charge >= 0.3 is 6.09 Å². The zero-order chi connectivity index (χ0) is 27.4. The lowest BCUT2D eigenvalue weighted by atomic mass is 9.92. The first kappa shape index (κ1) is 27.4. The number of rotatable bonds is 9. The van der Waals surface area contributed by atoms with E-state index in [0.29, 0.717) is 41.4 Å². The van der Waals surface area contributed by atoms with Gasteiger partial charge in [-0.15, -0.1) is 0 Å². The van der Waals surface area contributed by atoms with E-state index in [1.165, 1.54) is 5.56 Å². The van der Waals surface area contributed by atoms with Crippen molar-refractivity contribution in [2.75, 3.05) is 19.7 Å². The second-order valence-corrected chi connectivity index (χ2v) is 11.0. The minimum Gasteiger partial charge on any atom is -0.494 e. The number of halogens is 2. The molecule has 4 aromatic rings. The number of carbonyl (C=O) groups excluding carboxylic acids is 1. The quantitative estimate of drug-likeness (QED) is 0.201. The van der Waals surface area contributed by atoms with Crippen LogP contribution in [0.2, 0.25) is 10.0 Å². The van der Waals surface area contributed by atoms with Gasteiger partial charge in [0.1, 0.15) is 17.5 Å². The molecule has 0 saturated heterocycles. The van der Waals surface area contributed by atoms with Crippen LogP contribution in [0.1, 0.15) is 51.0 Å². The van der Waals surface area contributed by atoms with Crippen molar-refractivity contribution in [2.24, 2.45) is 0 Å². The number of hydrogen-bond acceptors (Lipinski definition) is 4. The van der Waals surface area contributed by atoms with E-state index in [0.717, 1.165) is 47.3 Å². The van der Waals surface area contributed by atoms with Gasteiger partial charge in [0.2, 0.25) is 0 Å². The number of ether oxygens (including phenoxy) is 2. The van der Waals surface area contributed by atoms with Gasteiger partial charge in [0, 0.05) is 40.7 Å². The number of unbranched alkanes of at least 4 members (excludes halogenated alkanes) is 1. The molecule has 6 nitrogen and oxygen atoms in total. The van der Waals surface area contributed by atoms with Gasteiger partial charge in [0.25, 0.3) is 0 Å². The van der Waals surface area contributed by atoms with Crippen LogP contribution in [0.4, 0.5) is 4.79 Å². The largest absolute Gasteiger partial charge is 0.494 e. The molecule has 0 fully saturated rings. The normalized spacial score (nSPS) is 15.0. The Labute approximate surface area is 240 Å². The Morgan fingerprint density at radius 2 is 1.74 bits per heavy atom. The number of amides is 1. The molecule has 3 aromatic carbocycles. The van der Waals surface area contributed by atoms with Crippen LogP contribution in [0.15, 0.2) is 66.7 Å². The maximum absolute atomic E-state index is 13.5. The summed E-state index contributed by atoms with van der Waals surface area (Å²) in [7, 11) is 0. The molecule has 0 spiro atoms. The van der Waals surface area contributed by atoms with E-state index in [1.54, 1.807) is 29.2 Å². The topological polar surface area (TPSA) is 66.6 Å². The molecule has 1 amide bonds. The van der Waals surface area contributed by atoms with Gasteiger partial charge in [-0.05, 0) is 91.5 Å². The molecule has 8 heteroatoms. The highest BCUT2D eigenvalue weighted by atomic mass is 35.5. The van der Waals surface area contributed by atoms with E-state index >= 15 is 0 Å². The summed E-state index contributed by atoms with van der Waals surface area (Å²) in [4.78, 5) is 18.8. The smallest absolute Gasteiger partial charge is 0.416 e.